The lowest BCUT2D eigenvalue weighted by Gasteiger charge is -2.12. The van der Waals surface area contributed by atoms with Crippen molar-refractivity contribution in [2.24, 2.45) is 0 Å². The number of amides is 1. The highest BCUT2D eigenvalue weighted by molar-refractivity contribution is 7.09. The van der Waals surface area contributed by atoms with E-state index in [9.17, 15) is 25.0 Å². The van der Waals surface area contributed by atoms with E-state index in [-0.39, 0.29) is 11.1 Å². The van der Waals surface area contributed by atoms with Crippen LogP contribution in [0.5, 0.6) is 0 Å². The summed E-state index contributed by atoms with van der Waals surface area (Å²) in [5.41, 5.74) is -0.512. The van der Waals surface area contributed by atoms with Crippen molar-refractivity contribution >= 4 is 28.6 Å². The molecule has 0 radical (unpaired) electrons. The van der Waals surface area contributed by atoms with Crippen molar-refractivity contribution in [3.8, 4) is 0 Å². The molecule has 2 aromatic rings. The van der Waals surface area contributed by atoms with E-state index in [1.165, 1.54) is 18.3 Å². The molecular weight excluding hydrogens is 336 g/mol. The third-order valence-electron chi connectivity index (χ3n) is 3.44. The fraction of sp³-hybridized carbons (Fsp3) is 0.286. The molecule has 1 aromatic heterocycles. The summed E-state index contributed by atoms with van der Waals surface area (Å²) in [5, 5.41) is 27.4. The first-order valence-electron chi connectivity index (χ1n) is 6.87. The monoisotopic (exact) mass is 350 g/mol. The van der Waals surface area contributed by atoms with Crippen LogP contribution in [-0.4, -0.2) is 20.7 Å². The van der Waals surface area contributed by atoms with Gasteiger partial charge in [0.15, 0.2) is 0 Å². The second kappa shape index (κ2) is 6.71. The Morgan fingerprint density at radius 1 is 1.21 bits per heavy atom. The first kappa shape index (κ1) is 17.5. The first-order valence-corrected chi connectivity index (χ1v) is 7.75. The molecule has 126 valence electrons. The molecule has 1 atom stereocenters. The number of hydrogen-bond acceptors (Lipinski definition) is 7. The van der Waals surface area contributed by atoms with Gasteiger partial charge in [0.05, 0.1) is 32.2 Å². The van der Waals surface area contributed by atoms with Gasteiger partial charge >= 0.3 is 0 Å². The van der Waals surface area contributed by atoms with Gasteiger partial charge in [-0.25, -0.2) is 4.98 Å². The summed E-state index contributed by atoms with van der Waals surface area (Å²) in [4.78, 5) is 37.2. The van der Waals surface area contributed by atoms with E-state index in [1.54, 1.807) is 12.3 Å². The van der Waals surface area contributed by atoms with Crippen molar-refractivity contribution in [3.05, 3.63) is 59.6 Å². The zero-order valence-electron chi connectivity index (χ0n) is 13.1. The Morgan fingerprint density at radius 3 is 2.17 bits per heavy atom. The van der Waals surface area contributed by atoms with Gasteiger partial charge in [0.25, 0.3) is 17.3 Å². The highest BCUT2D eigenvalue weighted by atomic mass is 32.1. The molecule has 1 unspecified atom stereocenters. The lowest BCUT2D eigenvalue weighted by atomic mass is 10.1. The maximum atomic E-state index is 12.3. The number of rotatable bonds is 5. The molecule has 0 spiro atoms. The van der Waals surface area contributed by atoms with E-state index in [0.29, 0.717) is 5.69 Å². The van der Waals surface area contributed by atoms with Crippen LogP contribution in [0.4, 0.5) is 11.4 Å². The predicted molar refractivity (Wildman–Crippen MR) is 87.2 cm³/mol. The molecule has 2 rings (SSSR count). The highest BCUT2D eigenvalue weighted by Crippen LogP contribution is 2.29. The molecule has 1 N–H and O–H groups in total. The number of benzene rings is 1. The molecule has 0 aliphatic heterocycles. The summed E-state index contributed by atoms with van der Waals surface area (Å²) in [5.74, 6) is -0.639. The summed E-state index contributed by atoms with van der Waals surface area (Å²) < 4.78 is 0. The Labute approximate surface area is 140 Å². The maximum Gasteiger partial charge on any atom is 0.279 e. The van der Waals surface area contributed by atoms with Crippen molar-refractivity contribution in [2.75, 3.05) is 0 Å². The minimum atomic E-state index is -0.744. The van der Waals surface area contributed by atoms with Gasteiger partial charge < -0.3 is 5.32 Å². The van der Waals surface area contributed by atoms with Crippen molar-refractivity contribution in [1.29, 1.82) is 0 Å². The molecular formula is C14H14N4O5S. The van der Waals surface area contributed by atoms with Crippen LogP contribution in [-0.2, 0) is 0 Å². The fourth-order valence-electron chi connectivity index (χ4n) is 2.13. The molecule has 1 heterocycles. The Bertz CT molecular complexity index is 797. The molecule has 1 amide bonds. The number of carbonyl (C=O) groups excluding carboxylic acids is 1. The van der Waals surface area contributed by atoms with Crippen LogP contribution in [0.1, 0.15) is 39.6 Å². The zero-order chi connectivity index (χ0) is 18.0. The molecule has 9 nitrogen and oxygen atoms in total. The summed E-state index contributed by atoms with van der Waals surface area (Å²) >= 11 is 1.43. The number of nitrogens with zero attached hydrogens (tertiary/aromatic N) is 3. The van der Waals surface area contributed by atoms with E-state index in [0.717, 1.165) is 17.1 Å². The van der Waals surface area contributed by atoms with Gasteiger partial charge in [-0.3, -0.25) is 25.0 Å². The number of thiazole rings is 1. The maximum absolute atomic E-state index is 12.3. The smallest absolute Gasteiger partial charge is 0.279 e. The highest BCUT2D eigenvalue weighted by Gasteiger charge is 2.26. The molecule has 0 bridgehead atoms. The Kier molecular flexibility index (Phi) is 4.88. The lowest BCUT2D eigenvalue weighted by Crippen LogP contribution is -2.27. The first-order chi connectivity index (χ1) is 11.2. The van der Waals surface area contributed by atoms with Crippen molar-refractivity contribution in [3.63, 3.8) is 0 Å². The van der Waals surface area contributed by atoms with Gasteiger partial charge in [-0.2, -0.15) is 0 Å². The molecule has 24 heavy (non-hydrogen) atoms. The minimum absolute atomic E-state index is 0.0928. The van der Waals surface area contributed by atoms with Gasteiger partial charge in [-0.1, -0.05) is 0 Å². The van der Waals surface area contributed by atoms with E-state index >= 15 is 0 Å². The van der Waals surface area contributed by atoms with E-state index in [1.807, 2.05) is 6.92 Å². The molecule has 0 fully saturated rings. The Hall–Kier alpha value is -2.88. The number of nitrogens with one attached hydrogen (secondary N) is 1. The number of nitro groups is 2. The molecule has 0 saturated heterocycles. The number of aromatic nitrogens is 1. The second-order valence-electron chi connectivity index (χ2n) is 5.14. The van der Waals surface area contributed by atoms with Crippen LogP contribution >= 0.6 is 11.3 Å². The van der Waals surface area contributed by atoms with Gasteiger partial charge in [-0.15, -0.1) is 11.3 Å². The summed E-state index contributed by atoms with van der Waals surface area (Å²) in [7, 11) is 0. The standard InChI is InChI=1S/C14H14N4O5S/c1-7-12(17(20)21)4-10(5-13(7)18(22)23)14(19)15-8(2)11-6-24-9(3)16-11/h4-6,8H,1-3H3,(H,15,19). The molecule has 0 aliphatic carbocycles. The predicted octanol–water partition coefficient (Wildman–Crippen LogP) is 3.07. The number of hydrogen-bond donors (Lipinski definition) is 1. The normalized spacial score (nSPS) is 11.8. The largest absolute Gasteiger partial charge is 0.344 e. The zero-order valence-corrected chi connectivity index (χ0v) is 13.9. The molecule has 10 heteroatoms. The van der Waals surface area contributed by atoms with Gasteiger partial charge in [-0.05, 0) is 20.8 Å². The Morgan fingerprint density at radius 2 is 1.75 bits per heavy atom. The van der Waals surface area contributed by atoms with Crippen LogP contribution in [0.15, 0.2) is 17.5 Å². The van der Waals surface area contributed by atoms with Crippen LogP contribution in [0, 0.1) is 34.1 Å². The number of aryl methyl sites for hydroxylation is 1. The quantitative estimate of drug-likeness (QED) is 0.652. The minimum Gasteiger partial charge on any atom is -0.344 e. The van der Waals surface area contributed by atoms with Crippen molar-refractivity contribution in [1.82, 2.24) is 10.3 Å². The lowest BCUT2D eigenvalue weighted by molar-refractivity contribution is -0.395. The van der Waals surface area contributed by atoms with Crippen LogP contribution in [0.25, 0.3) is 0 Å². The van der Waals surface area contributed by atoms with Crippen molar-refractivity contribution < 1.29 is 14.6 Å². The molecule has 0 aliphatic rings. The van der Waals surface area contributed by atoms with Crippen LogP contribution in [0.2, 0.25) is 0 Å². The summed E-state index contributed by atoms with van der Waals surface area (Å²) in [6.07, 6.45) is 0. The SMILES string of the molecule is Cc1nc(C(C)NC(=O)c2cc([N+](=O)[O-])c(C)c([N+](=O)[O-])c2)cs1. The van der Waals surface area contributed by atoms with E-state index in [2.05, 4.69) is 10.3 Å². The second-order valence-corrected chi connectivity index (χ2v) is 6.20. The topological polar surface area (TPSA) is 128 Å². The van der Waals surface area contributed by atoms with Gasteiger partial charge in [0.1, 0.15) is 5.56 Å². The van der Waals surface area contributed by atoms with Gasteiger partial charge in [0.2, 0.25) is 0 Å². The third-order valence-corrected chi connectivity index (χ3v) is 4.23. The van der Waals surface area contributed by atoms with Crippen LogP contribution in [0.3, 0.4) is 0 Å². The number of carbonyl (C=O) groups is 1. The molecule has 1 aromatic carbocycles. The third kappa shape index (κ3) is 3.54. The van der Waals surface area contributed by atoms with E-state index in [4.69, 9.17) is 0 Å². The van der Waals surface area contributed by atoms with E-state index < -0.39 is 33.2 Å². The average Bonchev–Trinajstić information content (AvgIpc) is 2.93. The van der Waals surface area contributed by atoms with Crippen molar-refractivity contribution in [2.45, 2.75) is 26.8 Å². The van der Waals surface area contributed by atoms with Crippen LogP contribution < -0.4 is 5.32 Å². The average molecular weight is 350 g/mol. The molecule has 0 saturated carbocycles. The fourth-order valence-corrected chi connectivity index (χ4v) is 2.83. The summed E-state index contributed by atoms with van der Waals surface area (Å²) in [6.45, 7) is 4.82. The summed E-state index contributed by atoms with van der Waals surface area (Å²) in [6, 6.07) is 1.65. The Balaban J connectivity index is 2.35. The number of nitro benzene ring substituents is 2. The van der Waals surface area contributed by atoms with Gasteiger partial charge in [0, 0.05) is 17.5 Å².